The van der Waals surface area contributed by atoms with E-state index in [4.69, 9.17) is 4.74 Å². The molecule has 0 radical (unpaired) electrons. The predicted molar refractivity (Wildman–Crippen MR) is 85.5 cm³/mol. The molecular formula is C15H16BrNO2S. The van der Waals surface area contributed by atoms with E-state index in [0.717, 1.165) is 21.5 Å². The van der Waals surface area contributed by atoms with Gasteiger partial charge in [0.15, 0.2) is 0 Å². The lowest BCUT2D eigenvalue weighted by Gasteiger charge is -2.17. The standard InChI is InChI=1S/C15H16BrNO2S/c1-3-13(10-4-6-12(19-2)7-5-10)17-15(18)11-8-14(16)20-9-11/h4-9,13H,3H2,1-2H3,(H,17,18). The lowest BCUT2D eigenvalue weighted by Crippen LogP contribution is -2.27. The minimum atomic E-state index is -0.0466. The maximum atomic E-state index is 12.2. The third-order valence-electron chi connectivity index (χ3n) is 3.06. The monoisotopic (exact) mass is 353 g/mol. The number of rotatable bonds is 5. The molecule has 1 N–H and O–H groups in total. The number of carbonyl (C=O) groups excluding carboxylic acids is 1. The highest BCUT2D eigenvalue weighted by atomic mass is 79.9. The first-order valence-electron chi connectivity index (χ1n) is 6.33. The number of carbonyl (C=O) groups is 1. The summed E-state index contributed by atoms with van der Waals surface area (Å²) in [7, 11) is 1.64. The van der Waals surface area contributed by atoms with Gasteiger partial charge < -0.3 is 10.1 Å². The maximum Gasteiger partial charge on any atom is 0.252 e. The van der Waals surface area contributed by atoms with Crippen LogP contribution in [-0.4, -0.2) is 13.0 Å². The van der Waals surface area contributed by atoms with Gasteiger partial charge >= 0.3 is 0 Å². The van der Waals surface area contributed by atoms with E-state index in [1.807, 2.05) is 35.7 Å². The second-order valence-corrected chi connectivity index (χ2v) is 6.64. The van der Waals surface area contributed by atoms with Crippen molar-refractivity contribution in [2.45, 2.75) is 19.4 Å². The summed E-state index contributed by atoms with van der Waals surface area (Å²) in [6.07, 6.45) is 0.837. The van der Waals surface area contributed by atoms with E-state index in [2.05, 4.69) is 28.2 Å². The molecule has 0 aliphatic rings. The number of ether oxygens (including phenoxy) is 1. The molecule has 0 bridgehead atoms. The van der Waals surface area contributed by atoms with Gasteiger partial charge in [-0.3, -0.25) is 4.79 Å². The minimum Gasteiger partial charge on any atom is -0.497 e. The molecule has 0 aliphatic heterocycles. The third kappa shape index (κ3) is 3.61. The molecule has 5 heteroatoms. The molecule has 0 fully saturated rings. The van der Waals surface area contributed by atoms with Crippen LogP contribution in [0.25, 0.3) is 0 Å². The summed E-state index contributed by atoms with van der Waals surface area (Å²) in [6.45, 7) is 2.05. The van der Waals surface area contributed by atoms with Crippen LogP contribution < -0.4 is 10.1 Å². The topological polar surface area (TPSA) is 38.3 Å². The molecule has 0 saturated heterocycles. The van der Waals surface area contributed by atoms with E-state index < -0.39 is 0 Å². The zero-order valence-corrected chi connectivity index (χ0v) is 13.8. The molecule has 1 unspecified atom stereocenters. The smallest absolute Gasteiger partial charge is 0.252 e. The van der Waals surface area contributed by atoms with Crippen molar-refractivity contribution in [1.29, 1.82) is 0 Å². The molecule has 2 rings (SSSR count). The SMILES string of the molecule is CCC(NC(=O)c1csc(Br)c1)c1ccc(OC)cc1. The van der Waals surface area contributed by atoms with Crippen molar-refractivity contribution in [2.75, 3.05) is 7.11 Å². The van der Waals surface area contributed by atoms with Crippen LogP contribution in [-0.2, 0) is 0 Å². The van der Waals surface area contributed by atoms with Crippen molar-refractivity contribution in [1.82, 2.24) is 5.32 Å². The third-order valence-corrected chi connectivity index (χ3v) is 4.57. The highest BCUT2D eigenvalue weighted by Gasteiger charge is 2.15. The van der Waals surface area contributed by atoms with Crippen LogP contribution in [0.4, 0.5) is 0 Å². The van der Waals surface area contributed by atoms with E-state index in [0.29, 0.717) is 5.56 Å². The second-order valence-electron chi connectivity index (χ2n) is 4.35. The number of halogens is 1. The zero-order valence-electron chi connectivity index (χ0n) is 11.4. The fourth-order valence-electron chi connectivity index (χ4n) is 1.93. The quantitative estimate of drug-likeness (QED) is 0.864. The summed E-state index contributed by atoms with van der Waals surface area (Å²) in [4.78, 5) is 12.2. The second kappa shape index (κ2) is 6.90. The Kier molecular flexibility index (Phi) is 5.20. The molecule has 0 spiro atoms. The van der Waals surface area contributed by atoms with Crippen molar-refractivity contribution in [2.24, 2.45) is 0 Å². The van der Waals surface area contributed by atoms with Crippen LogP contribution in [0.5, 0.6) is 5.75 Å². The van der Waals surface area contributed by atoms with Crippen molar-refractivity contribution < 1.29 is 9.53 Å². The molecule has 3 nitrogen and oxygen atoms in total. The normalized spacial score (nSPS) is 11.9. The fraction of sp³-hybridized carbons (Fsp3) is 0.267. The van der Waals surface area contributed by atoms with E-state index in [1.54, 1.807) is 7.11 Å². The largest absolute Gasteiger partial charge is 0.497 e. The molecular weight excluding hydrogens is 338 g/mol. The summed E-state index contributed by atoms with van der Waals surface area (Å²) in [6, 6.07) is 9.62. The van der Waals surface area contributed by atoms with Gasteiger partial charge in [0.05, 0.1) is 22.5 Å². The summed E-state index contributed by atoms with van der Waals surface area (Å²) in [5.41, 5.74) is 1.77. The molecule has 20 heavy (non-hydrogen) atoms. The fourth-order valence-corrected chi connectivity index (χ4v) is 3.06. The van der Waals surface area contributed by atoms with Crippen LogP contribution >= 0.6 is 27.3 Å². The highest BCUT2D eigenvalue weighted by molar-refractivity contribution is 9.11. The van der Waals surface area contributed by atoms with Crippen LogP contribution in [0.1, 0.15) is 35.3 Å². The summed E-state index contributed by atoms with van der Waals surface area (Å²) in [5, 5.41) is 4.90. The van der Waals surface area contributed by atoms with Crippen LogP contribution in [0.15, 0.2) is 39.5 Å². The zero-order chi connectivity index (χ0) is 14.5. The number of benzene rings is 1. The maximum absolute atomic E-state index is 12.2. The Labute approximate surface area is 131 Å². The number of methoxy groups -OCH3 is 1. The van der Waals surface area contributed by atoms with Gasteiger partial charge in [-0.2, -0.15) is 0 Å². The average molecular weight is 354 g/mol. The van der Waals surface area contributed by atoms with Gasteiger partial charge in [-0.05, 0) is 46.1 Å². The molecule has 1 heterocycles. The van der Waals surface area contributed by atoms with Crippen molar-refractivity contribution in [3.8, 4) is 5.75 Å². The van der Waals surface area contributed by atoms with E-state index in [9.17, 15) is 4.79 Å². The van der Waals surface area contributed by atoms with Crippen molar-refractivity contribution in [3.63, 3.8) is 0 Å². The van der Waals surface area contributed by atoms with E-state index in [-0.39, 0.29) is 11.9 Å². The number of thiophene rings is 1. The minimum absolute atomic E-state index is 0.00656. The molecule has 0 saturated carbocycles. The van der Waals surface area contributed by atoms with Crippen molar-refractivity contribution >= 4 is 33.2 Å². The van der Waals surface area contributed by atoms with Gasteiger partial charge in [0.25, 0.3) is 5.91 Å². The summed E-state index contributed by atoms with van der Waals surface area (Å²) in [5.74, 6) is 0.770. The molecule has 1 amide bonds. The van der Waals surface area contributed by atoms with Crippen LogP contribution in [0, 0.1) is 0 Å². The predicted octanol–water partition coefficient (Wildman–Crippen LogP) is 4.40. The van der Waals surface area contributed by atoms with Gasteiger partial charge in [-0.15, -0.1) is 11.3 Å². The Morgan fingerprint density at radius 1 is 1.40 bits per heavy atom. The van der Waals surface area contributed by atoms with Gasteiger partial charge in [0, 0.05) is 5.38 Å². The highest BCUT2D eigenvalue weighted by Crippen LogP contribution is 2.23. The number of hydrogen-bond acceptors (Lipinski definition) is 3. The van der Waals surface area contributed by atoms with Crippen LogP contribution in [0.3, 0.4) is 0 Å². The number of nitrogens with one attached hydrogen (secondary N) is 1. The molecule has 1 atom stereocenters. The summed E-state index contributed by atoms with van der Waals surface area (Å²) < 4.78 is 6.10. The molecule has 2 aromatic rings. The van der Waals surface area contributed by atoms with Crippen molar-refractivity contribution in [3.05, 3.63) is 50.6 Å². The summed E-state index contributed by atoms with van der Waals surface area (Å²) >= 11 is 4.88. The molecule has 1 aromatic heterocycles. The lowest BCUT2D eigenvalue weighted by atomic mass is 10.0. The Hall–Kier alpha value is -1.33. The van der Waals surface area contributed by atoms with E-state index >= 15 is 0 Å². The Balaban J connectivity index is 2.09. The van der Waals surface area contributed by atoms with Crippen LogP contribution in [0.2, 0.25) is 0 Å². The number of hydrogen-bond donors (Lipinski definition) is 1. The Bertz CT molecular complexity index is 580. The lowest BCUT2D eigenvalue weighted by molar-refractivity contribution is 0.0936. The Morgan fingerprint density at radius 2 is 2.10 bits per heavy atom. The average Bonchev–Trinajstić information content (AvgIpc) is 2.91. The van der Waals surface area contributed by atoms with Gasteiger partial charge in [-0.25, -0.2) is 0 Å². The number of amides is 1. The first-order chi connectivity index (χ1) is 9.63. The first-order valence-corrected chi connectivity index (χ1v) is 8.00. The molecule has 1 aromatic carbocycles. The van der Waals surface area contributed by atoms with E-state index in [1.165, 1.54) is 11.3 Å². The molecule has 106 valence electrons. The van der Waals surface area contributed by atoms with Gasteiger partial charge in [-0.1, -0.05) is 19.1 Å². The van der Waals surface area contributed by atoms with Gasteiger partial charge in [0.1, 0.15) is 5.75 Å². The molecule has 0 aliphatic carbocycles. The first kappa shape index (κ1) is 15.1. The van der Waals surface area contributed by atoms with Gasteiger partial charge in [0.2, 0.25) is 0 Å². The Morgan fingerprint density at radius 3 is 2.60 bits per heavy atom.